The molecule has 1 heterocycles. The minimum Gasteiger partial charge on any atom is -0.452 e. The molecule has 5 heteroatoms. The van der Waals surface area contributed by atoms with Gasteiger partial charge in [0.05, 0.1) is 11.1 Å². The van der Waals surface area contributed by atoms with E-state index in [0.717, 1.165) is 40.6 Å². The van der Waals surface area contributed by atoms with Crippen molar-refractivity contribution in [2.24, 2.45) is 0 Å². The van der Waals surface area contributed by atoms with E-state index < -0.39 is 5.97 Å². The van der Waals surface area contributed by atoms with Crippen molar-refractivity contribution in [2.75, 3.05) is 6.61 Å². The van der Waals surface area contributed by atoms with Crippen LogP contribution in [0.1, 0.15) is 47.4 Å². The van der Waals surface area contributed by atoms with Gasteiger partial charge in [0.1, 0.15) is 0 Å². The Morgan fingerprint density at radius 1 is 1.00 bits per heavy atom. The summed E-state index contributed by atoms with van der Waals surface area (Å²) in [5.41, 5.74) is 4.12. The zero-order valence-corrected chi connectivity index (χ0v) is 16.9. The summed E-state index contributed by atoms with van der Waals surface area (Å²) in [5.74, 6) is -0.806. The van der Waals surface area contributed by atoms with E-state index in [1.807, 2.05) is 61.5 Å². The van der Waals surface area contributed by atoms with Crippen molar-refractivity contribution in [3.8, 4) is 0 Å². The molecule has 0 saturated carbocycles. The molecular weight excluding hydrogens is 364 g/mol. The number of esters is 1. The Labute approximate surface area is 171 Å². The first-order valence-electron chi connectivity index (χ1n) is 10.0. The molecule has 150 valence electrons. The van der Waals surface area contributed by atoms with Crippen LogP contribution in [0.5, 0.6) is 0 Å². The van der Waals surface area contributed by atoms with Gasteiger partial charge in [-0.2, -0.15) is 0 Å². The summed E-state index contributed by atoms with van der Waals surface area (Å²) in [6, 6.07) is 17.2. The fourth-order valence-corrected chi connectivity index (χ4v) is 3.41. The van der Waals surface area contributed by atoms with Gasteiger partial charge in [-0.3, -0.25) is 9.78 Å². The fraction of sp³-hybridized carbons (Fsp3) is 0.292. The van der Waals surface area contributed by atoms with Crippen molar-refractivity contribution in [1.82, 2.24) is 10.3 Å². The topological polar surface area (TPSA) is 68.3 Å². The number of fused-ring (bicyclic) bond motifs is 1. The van der Waals surface area contributed by atoms with Crippen LogP contribution in [-0.4, -0.2) is 23.5 Å². The van der Waals surface area contributed by atoms with Crippen LogP contribution in [0.3, 0.4) is 0 Å². The molecule has 1 N–H and O–H groups in total. The van der Waals surface area contributed by atoms with Crippen LogP contribution < -0.4 is 5.32 Å². The minimum atomic E-state index is -0.479. The van der Waals surface area contributed by atoms with Gasteiger partial charge in [0, 0.05) is 17.6 Å². The number of ether oxygens (including phenoxy) is 1. The van der Waals surface area contributed by atoms with Crippen LogP contribution in [0.25, 0.3) is 10.9 Å². The number of nitrogens with one attached hydrogen (secondary N) is 1. The van der Waals surface area contributed by atoms with Crippen molar-refractivity contribution in [1.29, 1.82) is 0 Å². The summed E-state index contributed by atoms with van der Waals surface area (Å²) in [5, 5.41) is 3.54. The highest BCUT2D eigenvalue weighted by Crippen LogP contribution is 2.26. The third kappa shape index (κ3) is 4.99. The molecule has 0 aliphatic carbocycles. The Kier molecular flexibility index (Phi) is 6.95. The molecule has 1 aromatic heterocycles. The van der Waals surface area contributed by atoms with E-state index in [9.17, 15) is 9.59 Å². The summed E-state index contributed by atoms with van der Waals surface area (Å²) >= 11 is 0. The van der Waals surface area contributed by atoms with Crippen molar-refractivity contribution >= 4 is 22.8 Å². The van der Waals surface area contributed by atoms with Crippen LogP contribution in [0.2, 0.25) is 0 Å². The molecule has 2 aromatic carbocycles. The zero-order chi connectivity index (χ0) is 20.6. The molecule has 5 nitrogen and oxygen atoms in total. The molecular formula is C24H26N2O3. The largest absolute Gasteiger partial charge is 0.452 e. The molecule has 0 bridgehead atoms. The van der Waals surface area contributed by atoms with E-state index in [2.05, 4.69) is 12.2 Å². The molecule has 0 unspecified atom stereocenters. The third-order valence-electron chi connectivity index (χ3n) is 4.79. The lowest BCUT2D eigenvalue weighted by atomic mass is 9.96. The number of benzene rings is 2. The van der Waals surface area contributed by atoms with Gasteiger partial charge < -0.3 is 10.1 Å². The lowest BCUT2D eigenvalue weighted by molar-refractivity contribution is -0.124. The number of para-hydroxylation sites is 1. The van der Waals surface area contributed by atoms with Crippen LogP contribution in [0, 0.1) is 0 Å². The normalized spacial score (nSPS) is 10.7. The standard InChI is InChI=1S/C24H26N2O3/c1-3-10-20-18(4-2)23(19-13-8-9-14-21(19)26-20)24(28)29-16-22(27)25-15-17-11-6-5-7-12-17/h5-9,11-14H,3-4,10,15-16H2,1-2H3,(H,25,27). The maximum absolute atomic E-state index is 12.9. The van der Waals surface area contributed by atoms with Crippen LogP contribution in [0.4, 0.5) is 0 Å². The monoisotopic (exact) mass is 390 g/mol. The average Bonchev–Trinajstić information content (AvgIpc) is 2.76. The predicted octanol–water partition coefficient (Wildman–Crippen LogP) is 4.22. The van der Waals surface area contributed by atoms with Crippen molar-refractivity contribution < 1.29 is 14.3 Å². The lowest BCUT2D eigenvalue weighted by Gasteiger charge is -2.15. The molecule has 0 saturated heterocycles. The third-order valence-corrected chi connectivity index (χ3v) is 4.79. The van der Waals surface area contributed by atoms with E-state index in [0.29, 0.717) is 18.5 Å². The molecule has 1 amide bonds. The van der Waals surface area contributed by atoms with E-state index in [-0.39, 0.29) is 12.5 Å². The summed E-state index contributed by atoms with van der Waals surface area (Å²) in [7, 11) is 0. The Hall–Kier alpha value is -3.21. The molecule has 0 aliphatic heterocycles. The zero-order valence-electron chi connectivity index (χ0n) is 16.9. The second-order valence-electron chi connectivity index (χ2n) is 6.87. The maximum Gasteiger partial charge on any atom is 0.339 e. The molecule has 0 spiro atoms. The van der Waals surface area contributed by atoms with E-state index in [1.54, 1.807) is 0 Å². The van der Waals surface area contributed by atoms with E-state index >= 15 is 0 Å². The van der Waals surface area contributed by atoms with Crippen molar-refractivity contribution in [3.63, 3.8) is 0 Å². The number of hydrogen-bond donors (Lipinski definition) is 1. The molecule has 0 atom stereocenters. The Balaban J connectivity index is 1.76. The number of hydrogen-bond acceptors (Lipinski definition) is 4. The van der Waals surface area contributed by atoms with Crippen LogP contribution >= 0.6 is 0 Å². The summed E-state index contributed by atoms with van der Waals surface area (Å²) in [4.78, 5) is 29.8. The first kappa shape index (κ1) is 20.5. The van der Waals surface area contributed by atoms with Gasteiger partial charge in [0.15, 0.2) is 6.61 Å². The number of nitrogens with zero attached hydrogens (tertiary/aromatic N) is 1. The minimum absolute atomic E-state index is 0.311. The van der Waals surface area contributed by atoms with Gasteiger partial charge in [-0.05, 0) is 30.0 Å². The van der Waals surface area contributed by atoms with Gasteiger partial charge in [-0.15, -0.1) is 0 Å². The molecule has 3 rings (SSSR count). The predicted molar refractivity (Wildman–Crippen MR) is 114 cm³/mol. The van der Waals surface area contributed by atoms with E-state index in [1.165, 1.54) is 0 Å². The smallest absolute Gasteiger partial charge is 0.339 e. The van der Waals surface area contributed by atoms with Gasteiger partial charge in [0.25, 0.3) is 5.91 Å². The fourth-order valence-electron chi connectivity index (χ4n) is 3.41. The lowest BCUT2D eigenvalue weighted by Crippen LogP contribution is -2.28. The van der Waals surface area contributed by atoms with Gasteiger partial charge >= 0.3 is 5.97 Å². The number of pyridine rings is 1. The Morgan fingerprint density at radius 3 is 2.45 bits per heavy atom. The van der Waals surface area contributed by atoms with Gasteiger partial charge in [-0.25, -0.2) is 4.79 Å². The highest BCUT2D eigenvalue weighted by Gasteiger charge is 2.21. The maximum atomic E-state index is 12.9. The summed E-state index contributed by atoms with van der Waals surface area (Å²) < 4.78 is 5.38. The average molecular weight is 390 g/mol. The second-order valence-corrected chi connectivity index (χ2v) is 6.87. The second kappa shape index (κ2) is 9.82. The Bertz CT molecular complexity index is 1000. The first-order valence-corrected chi connectivity index (χ1v) is 10.0. The number of rotatable bonds is 8. The van der Waals surface area contributed by atoms with Gasteiger partial charge in [-0.1, -0.05) is 68.8 Å². The highest BCUT2D eigenvalue weighted by molar-refractivity contribution is 6.05. The van der Waals surface area contributed by atoms with Crippen molar-refractivity contribution in [3.05, 3.63) is 77.0 Å². The number of aromatic nitrogens is 1. The summed E-state index contributed by atoms with van der Waals surface area (Å²) in [6.07, 6.45) is 2.42. The quantitative estimate of drug-likeness (QED) is 0.585. The first-order chi connectivity index (χ1) is 14.1. The molecule has 0 fully saturated rings. The summed E-state index contributed by atoms with van der Waals surface area (Å²) in [6.45, 7) is 4.19. The van der Waals surface area contributed by atoms with Crippen LogP contribution in [0.15, 0.2) is 54.6 Å². The van der Waals surface area contributed by atoms with E-state index in [4.69, 9.17) is 9.72 Å². The molecule has 29 heavy (non-hydrogen) atoms. The molecule has 3 aromatic rings. The number of carbonyl (C=O) groups excluding carboxylic acids is 2. The Morgan fingerprint density at radius 2 is 1.72 bits per heavy atom. The highest BCUT2D eigenvalue weighted by atomic mass is 16.5. The SMILES string of the molecule is CCCc1nc2ccccc2c(C(=O)OCC(=O)NCc2ccccc2)c1CC. The molecule has 0 aliphatic rings. The number of aryl methyl sites for hydroxylation is 1. The number of amides is 1. The number of carbonyl (C=O) groups is 2. The van der Waals surface area contributed by atoms with Crippen LogP contribution in [-0.2, 0) is 28.9 Å². The van der Waals surface area contributed by atoms with Crippen molar-refractivity contribution in [2.45, 2.75) is 39.7 Å². The molecule has 0 radical (unpaired) electrons. The van der Waals surface area contributed by atoms with Gasteiger partial charge in [0.2, 0.25) is 0 Å².